The minimum Gasteiger partial charge on any atom is -0.307 e. The van der Waals surface area contributed by atoms with Crippen LogP contribution in [0.25, 0.3) is 267 Å². The van der Waals surface area contributed by atoms with Crippen LogP contribution in [-0.4, -0.2) is 72.3 Å². The van der Waals surface area contributed by atoms with Crippen molar-refractivity contribution in [3.63, 3.8) is 0 Å². The van der Waals surface area contributed by atoms with Crippen molar-refractivity contribution in [3.8, 4) is 137 Å². The lowest BCUT2D eigenvalue weighted by Crippen LogP contribution is -2.07. The third kappa shape index (κ3) is 15.1. The maximum atomic E-state index is 9.66. The van der Waals surface area contributed by atoms with E-state index < -0.39 is 793 Å². The number of rotatable bonds is 15. The molecule has 0 amide bonds. The Hall–Kier alpha value is -20.6. The Morgan fingerprint density at radius 2 is 0.327 bits per heavy atom. The molecule has 702 valence electrons. The number of fused-ring (bicyclic) bond motifs is 21. The number of hydrogen-bond donors (Lipinski definition) is 0. The summed E-state index contributed by atoms with van der Waals surface area (Å²) in [5.41, 5.74) is -20.5. The van der Waals surface area contributed by atoms with Crippen LogP contribution in [0.3, 0.4) is 0 Å². The van der Waals surface area contributed by atoms with Crippen molar-refractivity contribution in [1.29, 1.82) is 0 Å². The van der Waals surface area contributed by atoms with Crippen LogP contribution >= 0.6 is 0 Å². The molecule has 9 heterocycles. The Balaban J connectivity index is 0.000000152. The summed E-state index contributed by atoms with van der Waals surface area (Å²) in [5, 5.41) is -7.18. The van der Waals surface area contributed by atoms with Crippen molar-refractivity contribution in [2.75, 3.05) is 0 Å². The molecule has 9 aromatic heterocycles. The van der Waals surface area contributed by atoms with Crippen molar-refractivity contribution in [2.24, 2.45) is 0 Å². The molecule has 0 spiro atoms. The van der Waals surface area contributed by atoms with Crippen LogP contribution in [0.15, 0.2) is 526 Å². The molecule has 0 radical (unpaired) electrons. The van der Waals surface area contributed by atoms with Gasteiger partial charge in [-0.2, -0.15) is 29.9 Å². The first-order valence-corrected chi connectivity index (χ1v) is 43.3. The molecule has 15 heteroatoms. The lowest BCUT2D eigenvalue weighted by molar-refractivity contribution is 0.953. The molecule has 0 saturated carbocycles. The lowest BCUT2D eigenvalue weighted by Gasteiger charge is -2.14. The zero-order valence-corrected chi connectivity index (χ0v) is 74.2. The molecule has 30 rings (SSSR count). The minimum atomic E-state index is -1.07. The number of nitrogens with zero attached hydrogens (tertiary/aromatic N) is 15. The first-order chi connectivity index (χ1) is 111. The summed E-state index contributed by atoms with van der Waals surface area (Å²) in [7, 11) is 0. The molecule has 0 aliphatic carbocycles. The highest BCUT2D eigenvalue weighted by atomic mass is 15.2. The Kier molecular flexibility index (Phi) is 8.89. The fraction of sp³-hybridized carbons (Fsp3) is 0. The molecule has 0 unspecified atom stereocenters. The van der Waals surface area contributed by atoms with E-state index in [4.69, 9.17) is 85.0 Å². The first-order valence-electron chi connectivity index (χ1n) is 86.8. The van der Waals surface area contributed by atoms with Crippen molar-refractivity contribution in [2.45, 2.75) is 0 Å². The molecule has 0 saturated heterocycles. The number of benzene rings is 21. The van der Waals surface area contributed by atoms with Gasteiger partial charge in [0.15, 0.2) is 34.9 Å². The monoisotopic (exact) mass is 2010 g/mol. The smallest absolute Gasteiger partial charge is 0.238 e. The predicted molar refractivity (Wildman–Crippen MR) is 614 cm³/mol. The third-order valence-electron chi connectivity index (χ3n) is 22.9. The summed E-state index contributed by atoms with van der Waals surface area (Å²) in [4.78, 5) is 40.2. The number of hydrogen-bond acceptors (Lipinski definition) is 9. The van der Waals surface area contributed by atoms with Gasteiger partial charge >= 0.3 is 0 Å². The van der Waals surface area contributed by atoms with Gasteiger partial charge in [-0.05, 0) is 112 Å². The summed E-state index contributed by atoms with van der Waals surface area (Å²) >= 11 is 0. The predicted octanol–water partition coefficient (Wildman–Crippen LogP) is 33.2. The molecule has 150 heavy (non-hydrogen) atoms. The van der Waals surface area contributed by atoms with E-state index in [2.05, 4.69) is 44.9 Å². The summed E-state index contributed by atoms with van der Waals surface area (Å²) < 4.78 is 778. The van der Waals surface area contributed by atoms with Crippen molar-refractivity contribution < 1.29 is 119 Å². The second kappa shape index (κ2) is 37.0. The fourth-order valence-electron chi connectivity index (χ4n) is 16.8. The summed E-state index contributed by atoms with van der Waals surface area (Å²) in [6, 6.07) is -83.0. The number of aromatic nitrogens is 15. The second-order valence-corrected chi connectivity index (χ2v) is 31.0. The molecular formula is C135H87N15. The van der Waals surface area contributed by atoms with Crippen LogP contribution < -0.4 is 0 Å². The average molecular weight is 2010 g/mol. The topological polar surface area (TPSA) is 146 Å². The normalized spacial score (nSPS) is 19.7. The summed E-state index contributed by atoms with van der Waals surface area (Å²) in [5.74, 6) is -8.74. The maximum absolute atomic E-state index is 9.66. The highest BCUT2D eigenvalue weighted by Gasteiger charge is 2.30. The van der Waals surface area contributed by atoms with E-state index in [0.717, 1.165) is 27.4 Å². The van der Waals surface area contributed by atoms with Crippen molar-refractivity contribution in [1.82, 2.24) is 72.3 Å². The molecule has 30 aromatic rings. The van der Waals surface area contributed by atoms with Gasteiger partial charge in [-0.1, -0.05) is 447 Å². The van der Waals surface area contributed by atoms with Crippen LogP contribution in [0, 0.1) is 0 Å². The standard InChI is InChI=1S/3C45H29N5/c1-4-15-30(16-5-1)32-19-14-20-33(29-32)44-46-43(31-17-6-2-7-18-31)47-45(48-44)50-40-26-13-11-24-36(40)38-28-27-37-35-23-10-12-25-39(35)49(41(37)42(38)50)34-21-8-3-9-22-34;1-4-14-30(15-5-1)31-24-26-33(27-25-31)44-46-43(32-16-6-2-7-17-32)47-45(48-44)50-40-23-13-11-21-36(40)38-29-28-37-35-20-10-12-22-39(35)49(41(37)42(38)50)34-18-8-3-9-19-34;1-4-16-30(17-5-1)33-22-10-11-25-38(33)44-46-43(31-18-6-2-7-19-31)47-45(48-44)50-40-27-15-13-24-35(40)37-29-28-36-34-23-12-14-26-39(34)49(41(36)42(37)50)32-20-8-3-9-21-32/h3*1-29H/i3*1D,2D,3D,4D,5D,6D,7D,8D,9D,10D,11D,12D,13D,14D,15D,16D,17D,18D,19D,20D,21D,22D,23D,24D,25D,26D,27D,28D,29D. The molecule has 15 nitrogen and oxygen atoms in total. The molecule has 21 aromatic carbocycles. The molecule has 0 N–H and O–H groups in total. The summed E-state index contributed by atoms with van der Waals surface area (Å²) in [6.07, 6.45) is 0. The average Bonchev–Trinajstić information content (AvgIpc) is 1.51. The zero-order valence-electron chi connectivity index (χ0n) is 161. The van der Waals surface area contributed by atoms with Crippen LogP contribution in [0.2, 0.25) is 0 Å². The minimum absolute atomic E-state index is 0.566. The van der Waals surface area contributed by atoms with Crippen molar-refractivity contribution >= 4 is 131 Å². The van der Waals surface area contributed by atoms with E-state index in [1.807, 2.05) is 0 Å². The lowest BCUT2D eigenvalue weighted by atomic mass is 9.99. The Bertz CT molecular complexity index is 16100. The van der Waals surface area contributed by atoms with Gasteiger partial charge in [0.1, 0.15) is 0 Å². The summed E-state index contributed by atoms with van der Waals surface area (Å²) in [6.45, 7) is 0. The molecule has 0 bridgehead atoms. The van der Waals surface area contributed by atoms with Gasteiger partial charge < -0.3 is 13.7 Å². The van der Waals surface area contributed by atoms with Crippen molar-refractivity contribution in [3.05, 3.63) is 526 Å². The van der Waals surface area contributed by atoms with Gasteiger partial charge in [0.2, 0.25) is 17.8 Å². The zero-order chi connectivity index (χ0) is 175. The van der Waals surface area contributed by atoms with E-state index in [1.165, 1.54) is 0 Å². The second-order valence-electron chi connectivity index (χ2n) is 31.0. The number of para-hydroxylation sites is 9. The van der Waals surface area contributed by atoms with E-state index in [-0.39, 0.29) is 0 Å². The largest absolute Gasteiger partial charge is 0.307 e. The van der Waals surface area contributed by atoms with Crippen LogP contribution in [0.4, 0.5) is 0 Å². The Labute approximate surface area is 983 Å². The molecule has 0 aliphatic heterocycles. The van der Waals surface area contributed by atoms with E-state index >= 15 is 0 Å². The highest BCUT2D eigenvalue weighted by Crippen LogP contribution is 2.48. The van der Waals surface area contributed by atoms with Crippen LogP contribution in [-0.2, 0) is 0 Å². The van der Waals surface area contributed by atoms with Gasteiger partial charge in [-0.25, -0.2) is 15.0 Å². The molecule has 0 aliphatic rings. The van der Waals surface area contributed by atoms with E-state index in [1.54, 1.807) is 0 Å². The van der Waals surface area contributed by atoms with Gasteiger partial charge in [0.05, 0.1) is 185 Å². The first kappa shape index (κ1) is 36.0. The molecule has 0 atom stereocenters. The van der Waals surface area contributed by atoms with Gasteiger partial charge in [-0.3, -0.25) is 13.7 Å². The molecular weight excluding hydrogens is 1830 g/mol. The SMILES string of the molecule is [2H]c1c([2H])c([2H])c(-c2nc(-c3c([2H])c([2H])c(-c4c([2H])c([2H])c([2H])c([2H])c4[2H])c([2H])c3[2H])nc(-n3c4c([2H])c([2H])c([2H])c([2H])c4c4c([2H])c([2H])c5c6c([2H])c([2H])c([2H])c([2H])c6n(-c6c([2H])c([2H])c([2H])c([2H])c6[2H])c5c43)n2)c([2H])c1[2H].[2H]c1c([2H])c([2H])c(-c2nc(-c3c([2H])c([2H])c([2H])c(-c4c([2H])c([2H])c([2H])c([2H])c4[2H])c3[2H])nc(-n3c4c([2H])c([2H])c([2H])c([2H])c4c4c([2H])c([2H])c5c6c([2H])c([2H])c([2H])c([2H])c6n(-c6c([2H])c([2H])c([2H])c([2H])c6[2H])c5c43)n2)c([2H])c1[2H].[2H]c1c([2H])c([2H])c(-c2nc(-c3c([2H])c([2H])c([2H])c([2H])c3-c3c([2H])c([2H])c([2H])c([2H])c3[2H])nc(-n3c4c([2H])c([2H])c([2H])c([2H])c4c4c([2H])c([2H])c5c6c([2H])c([2H])c([2H])c([2H])c6n(-c6c([2H])c([2H])c([2H])c([2H])c6[2H])c5c43)n2)c([2H])c1[2H]. The maximum Gasteiger partial charge on any atom is 0.238 e. The Morgan fingerprint density at radius 3 is 0.647 bits per heavy atom. The van der Waals surface area contributed by atoms with Crippen LogP contribution in [0.5, 0.6) is 0 Å². The van der Waals surface area contributed by atoms with E-state index in [9.17, 15) is 34.3 Å². The highest BCUT2D eigenvalue weighted by molar-refractivity contribution is 6.27. The quantitative estimate of drug-likeness (QED) is 0.0979. The fourth-order valence-corrected chi connectivity index (χ4v) is 16.8. The van der Waals surface area contributed by atoms with Gasteiger partial charge in [0.25, 0.3) is 0 Å². The Morgan fingerprint density at radius 1 is 0.127 bits per heavy atom. The molecule has 0 fully saturated rings. The van der Waals surface area contributed by atoms with E-state index in [0.29, 0.717) is 0 Å². The van der Waals surface area contributed by atoms with Crippen LogP contribution in [0.1, 0.15) is 119 Å². The van der Waals surface area contributed by atoms with Gasteiger partial charge in [0, 0.05) is 115 Å². The third-order valence-corrected chi connectivity index (χ3v) is 22.9. The van der Waals surface area contributed by atoms with Gasteiger partial charge in [-0.15, -0.1) is 0 Å².